The van der Waals surface area contributed by atoms with Crippen LogP contribution in [0, 0.1) is 5.82 Å². The van der Waals surface area contributed by atoms with E-state index in [2.05, 4.69) is 5.32 Å². The predicted octanol–water partition coefficient (Wildman–Crippen LogP) is 3.31. The summed E-state index contributed by atoms with van der Waals surface area (Å²) < 4.78 is 48.0. The van der Waals surface area contributed by atoms with Gasteiger partial charge in [0.05, 0.1) is 12.8 Å². The largest absolute Gasteiger partial charge is 0.497 e. The van der Waals surface area contributed by atoms with E-state index >= 15 is 0 Å². The Morgan fingerprint density at radius 3 is 2.26 bits per heavy atom. The molecule has 0 saturated heterocycles. The molecule has 0 unspecified atom stereocenters. The zero-order valence-electron chi connectivity index (χ0n) is 22.4. The fourth-order valence-corrected chi connectivity index (χ4v) is 5.63. The second kappa shape index (κ2) is 13.1. The minimum absolute atomic E-state index is 0.0542. The molecule has 1 atom stereocenters. The van der Waals surface area contributed by atoms with E-state index in [1.165, 1.54) is 37.2 Å². The number of carbonyl (C=O) groups is 2. The zero-order valence-corrected chi connectivity index (χ0v) is 23.2. The van der Waals surface area contributed by atoms with Crippen molar-refractivity contribution in [3.05, 3.63) is 59.9 Å². The van der Waals surface area contributed by atoms with Crippen molar-refractivity contribution in [2.24, 2.45) is 0 Å². The van der Waals surface area contributed by atoms with Crippen LogP contribution in [0.1, 0.15) is 44.6 Å². The van der Waals surface area contributed by atoms with E-state index < -0.39 is 34.5 Å². The highest BCUT2D eigenvalue weighted by Gasteiger charge is 2.35. The molecule has 0 bridgehead atoms. The van der Waals surface area contributed by atoms with Crippen LogP contribution in [-0.4, -0.2) is 69.3 Å². The van der Waals surface area contributed by atoms with Crippen LogP contribution in [0.15, 0.2) is 48.5 Å². The molecule has 1 fully saturated rings. The van der Waals surface area contributed by atoms with Crippen molar-refractivity contribution in [3.63, 3.8) is 0 Å². The Labute approximate surface area is 224 Å². The van der Waals surface area contributed by atoms with E-state index in [-0.39, 0.29) is 24.2 Å². The summed E-state index contributed by atoms with van der Waals surface area (Å²) in [6.07, 6.45) is 4.17. The van der Waals surface area contributed by atoms with Crippen LogP contribution in [-0.2, 0) is 26.3 Å². The van der Waals surface area contributed by atoms with Crippen LogP contribution in [0.4, 0.5) is 10.1 Å². The van der Waals surface area contributed by atoms with Gasteiger partial charge in [-0.15, -0.1) is 0 Å². The van der Waals surface area contributed by atoms with Crippen molar-refractivity contribution in [2.45, 2.75) is 57.7 Å². The smallest absolute Gasteiger partial charge is 0.304 e. The molecule has 11 heteroatoms. The standard InChI is InChI=1S/C27H37FN4O5S/c1-5-24(27(34)29-21-10-6-7-11-21)31(18-20-14-16-22(37-4)17-15-20)26(33)19-32(38(35,36)30(2)3)25-13-9-8-12-23(25)28/h8-9,12-17,21,24H,5-7,10-11,18-19H2,1-4H3,(H,29,34)/t24-/m1/s1. The second-order valence-electron chi connectivity index (χ2n) is 9.53. The summed E-state index contributed by atoms with van der Waals surface area (Å²) >= 11 is 0. The maximum atomic E-state index is 14.8. The van der Waals surface area contributed by atoms with Crippen LogP contribution in [0.25, 0.3) is 0 Å². The van der Waals surface area contributed by atoms with Gasteiger partial charge in [0.1, 0.15) is 24.2 Å². The van der Waals surface area contributed by atoms with Gasteiger partial charge >= 0.3 is 10.2 Å². The molecule has 0 aliphatic heterocycles. The normalized spacial score (nSPS) is 14.8. The van der Waals surface area contributed by atoms with Crippen LogP contribution in [0.3, 0.4) is 0 Å². The first-order valence-corrected chi connectivity index (χ1v) is 14.2. The lowest BCUT2D eigenvalue weighted by Gasteiger charge is -2.34. The minimum atomic E-state index is -4.23. The van der Waals surface area contributed by atoms with E-state index in [1.54, 1.807) is 38.3 Å². The quantitative estimate of drug-likeness (QED) is 0.439. The third-order valence-electron chi connectivity index (χ3n) is 6.74. The van der Waals surface area contributed by atoms with Crippen LogP contribution in [0.5, 0.6) is 5.75 Å². The molecule has 38 heavy (non-hydrogen) atoms. The number of hydrogen-bond acceptors (Lipinski definition) is 5. The number of amides is 2. The highest BCUT2D eigenvalue weighted by atomic mass is 32.2. The molecule has 0 heterocycles. The molecule has 1 aliphatic rings. The van der Waals surface area contributed by atoms with E-state index in [1.807, 2.05) is 0 Å². The monoisotopic (exact) mass is 548 g/mol. The van der Waals surface area contributed by atoms with Gasteiger partial charge in [0.15, 0.2) is 0 Å². The van der Waals surface area contributed by atoms with Gasteiger partial charge < -0.3 is 15.0 Å². The van der Waals surface area contributed by atoms with Gasteiger partial charge in [-0.1, -0.05) is 44.0 Å². The van der Waals surface area contributed by atoms with Crippen molar-refractivity contribution in [2.75, 3.05) is 32.1 Å². The Morgan fingerprint density at radius 2 is 1.71 bits per heavy atom. The fourth-order valence-electron chi connectivity index (χ4n) is 4.57. The topological polar surface area (TPSA) is 99.3 Å². The highest BCUT2D eigenvalue weighted by molar-refractivity contribution is 7.90. The van der Waals surface area contributed by atoms with Crippen molar-refractivity contribution >= 4 is 27.7 Å². The molecule has 0 radical (unpaired) electrons. The second-order valence-corrected chi connectivity index (χ2v) is 11.6. The van der Waals surface area contributed by atoms with Crippen molar-refractivity contribution in [1.29, 1.82) is 0 Å². The van der Waals surface area contributed by atoms with Gasteiger partial charge in [-0.05, 0) is 49.1 Å². The maximum Gasteiger partial charge on any atom is 0.304 e. The summed E-state index contributed by atoms with van der Waals surface area (Å²) in [6, 6.07) is 11.7. The summed E-state index contributed by atoms with van der Waals surface area (Å²) in [5.74, 6) is -1.05. The molecule has 2 amide bonds. The van der Waals surface area contributed by atoms with Crippen molar-refractivity contribution < 1.29 is 27.1 Å². The molecule has 1 aliphatic carbocycles. The number of carbonyl (C=O) groups excluding carboxylic acids is 2. The number of nitrogens with zero attached hydrogens (tertiary/aromatic N) is 3. The Kier molecular flexibility index (Phi) is 10.1. The summed E-state index contributed by atoms with van der Waals surface area (Å²) in [7, 11) is -0.0605. The molecule has 2 aromatic rings. The molecule has 0 aromatic heterocycles. The van der Waals surface area contributed by atoms with Crippen molar-refractivity contribution in [3.8, 4) is 5.75 Å². The molecule has 1 N–H and O–H groups in total. The van der Waals surface area contributed by atoms with Gasteiger partial charge in [0, 0.05) is 26.7 Å². The zero-order chi connectivity index (χ0) is 27.9. The average molecular weight is 549 g/mol. The lowest BCUT2D eigenvalue weighted by Crippen LogP contribution is -2.54. The Hall–Kier alpha value is -3.18. The average Bonchev–Trinajstić information content (AvgIpc) is 3.40. The first-order valence-electron chi connectivity index (χ1n) is 12.8. The molecule has 3 rings (SSSR count). The molecule has 9 nitrogen and oxygen atoms in total. The Morgan fingerprint density at radius 1 is 1.08 bits per heavy atom. The molecule has 0 spiro atoms. The first kappa shape index (κ1) is 29.4. The minimum Gasteiger partial charge on any atom is -0.497 e. The SMILES string of the molecule is CC[C@H](C(=O)NC1CCCC1)N(Cc1ccc(OC)cc1)C(=O)CN(c1ccccc1F)S(=O)(=O)N(C)C. The Balaban J connectivity index is 1.97. The molecule has 1 saturated carbocycles. The van der Waals surface area contributed by atoms with Gasteiger partial charge in [0.2, 0.25) is 11.8 Å². The molecule has 208 valence electrons. The van der Waals surface area contributed by atoms with E-state index in [9.17, 15) is 22.4 Å². The van der Waals surface area contributed by atoms with Crippen LogP contribution < -0.4 is 14.4 Å². The molecular weight excluding hydrogens is 511 g/mol. The van der Waals surface area contributed by atoms with Gasteiger partial charge in [-0.3, -0.25) is 9.59 Å². The lowest BCUT2D eigenvalue weighted by atomic mass is 10.1. The van der Waals surface area contributed by atoms with Crippen LogP contribution in [0.2, 0.25) is 0 Å². The number of hydrogen-bond donors (Lipinski definition) is 1. The third kappa shape index (κ3) is 7.02. The van der Waals surface area contributed by atoms with Gasteiger partial charge in [0.25, 0.3) is 0 Å². The number of para-hydroxylation sites is 1. The summed E-state index contributed by atoms with van der Waals surface area (Å²) in [5.41, 5.74) is 0.488. The van der Waals surface area contributed by atoms with Crippen LogP contribution >= 0.6 is 0 Å². The maximum absolute atomic E-state index is 14.8. The van der Waals surface area contributed by atoms with E-state index in [0.717, 1.165) is 45.9 Å². The number of rotatable bonds is 12. The molecular formula is C27H37FN4O5S. The lowest BCUT2D eigenvalue weighted by molar-refractivity contribution is -0.140. The highest BCUT2D eigenvalue weighted by Crippen LogP contribution is 2.25. The number of methoxy groups -OCH3 is 1. The molecule has 2 aromatic carbocycles. The van der Waals surface area contributed by atoms with E-state index in [0.29, 0.717) is 12.2 Å². The third-order valence-corrected chi connectivity index (χ3v) is 8.55. The summed E-state index contributed by atoms with van der Waals surface area (Å²) in [5, 5.41) is 3.06. The summed E-state index contributed by atoms with van der Waals surface area (Å²) in [6.45, 7) is 1.19. The predicted molar refractivity (Wildman–Crippen MR) is 144 cm³/mol. The van der Waals surface area contributed by atoms with Gasteiger partial charge in [-0.25, -0.2) is 8.70 Å². The number of benzene rings is 2. The number of ether oxygens (including phenoxy) is 1. The van der Waals surface area contributed by atoms with Gasteiger partial charge in [-0.2, -0.15) is 12.7 Å². The number of anilines is 1. The number of nitrogens with one attached hydrogen (secondary N) is 1. The summed E-state index contributed by atoms with van der Waals surface area (Å²) in [4.78, 5) is 28.6. The first-order chi connectivity index (χ1) is 18.1. The fraction of sp³-hybridized carbons (Fsp3) is 0.481. The number of halogens is 1. The Bertz CT molecular complexity index is 1200. The van der Waals surface area contributed by atoms with E-state index in [4.69, 9.17) is 4.74 Å². The van der Waals surface area contributed by atoms with Crippen molar-refractivity contribution in [1.82, 2.24) is 14.5 Å².